The zero-order chi connectivity index (χ0) is 14.2. The van der Waals surface area contributed by atoms with Gasteiger partial charge in [0.1, 0.15) is 0 Å². The molecule has 0 radical (unpaired) electrons. The number of carbonyl (C=O) groups excluding carboxylic acids is 1. The van der Waals surface area contributed by atoms with E-state index in [1.165, 1.54) is 0 Å². The first-order valence-electron chi connectivity index (χ1n) is 6.12. The molecule has 6 nitrogen and oxygen atoms in total. The third-order valence-electron chi connectivity index (χ3n) is 3.07. The van der Waals surface area contributed by atoms with Crippen molar-refractivity contribution >= 4 is 12.0 Å². The van der Waals surface area contributed by atoms with Crippen molar-refractivity contribution in [1.29, 1.82) is 0 Å². The average Bonchev–Trinajstić information content (AvgIpc) is 2.33. The second-order valence-corrected chi connectivity index (χ2v) is 4.73. The summed E-state index contributed by atoms with van der Waals surface area (Å²) >= 11 is 0. The number of carboxylic acids is 1. The lowest BCUT2D eigenvalue weighted by atomic mass is 9.88. The van der Waals surface area contributed by atoms with Gasteiger partial charge < -0.3 is 20.5 Å². The molecule has 0 saturated carbocycles. The molecule has 0 aromatic heterocycles. The Kier molecular flexibility index (Phi) is 7.35. The lowest BCUT2D eigenvalue weighted by Crippen LogP contribution is -2.47. The van der Waals surface area contributed by atoms with Crippen molar-refractivity contribution in [3.8, 4) is 0 Å². The van der Waals surface area contributed by atoms with E-state index in [-0.39, 0.29) is 18.6 Å². The molecule has 2 unspecified atom stereocenters. The number of carbonyl (C=O) groups is 2. The lowest BCUT2D eigenvalue weighted by molar-refractivity contribution is -0.147. The van der Waals surface area contributed by atoms with Gasteiger partial charge in [0.05, 0.1) is 5.41 Å². The number of nitrogens with one attached hydrogen (secondary N) is 2. The highest BCUT2D eigenvalue weighted by Crippen LogP contribution is 2.19. The Balaban J connectivity index is 4.06. The number of ether oxygens (including phenoxy) is 1. The molecule has 0 bridgehead atoms. The van der Waals surface area contributed by atoms with E-state index < -0.39 is 11.4 Å². The molecular weight excluding hydrogens is 236 g/mol. The summed E-state index contributed by atoms with van der Waals surface area (Å²) in [6.45, 7) is 5.96. The minimum absolute atomic E-state index is 0.0114. The number of carboxylic acid groups (broad SMARTS) is 1. The summed E-state index contributed by atoms with van der Waals surface area (Å²) < 4.78 is 4.91. The Morgan fingerprint density at radius 3 is 2.50 bits per heavy atom. The van der Waals surface area contributed by atoms with Crippen LogP contribution in [0, 0.1) is 5.41 Å². The maximum Gasteiger partial charge on any atom is 0.315 e. The van der Waals surface area contributed by atoms with Crippen LogP contribution in [0.3, 0.4) is 0 Å². The van der Waals surface area contributed by atoms with E-state index >= 15 is 0 Å². The molecule has 106 valence electrons. The maximum atomic E-state index is 11.5. The van der Waals surface area contributed by atoms with Gasteiger partial charge in [-0.15, -0.1) is 0 Å². The maximum absolute atomic E-state index is 11.5. The number of hydrogen-bond donors (Lipinski definition) is 3. The van der Waals surface area contributed by atoms with Crippen LogP contribution < -0.4 is 10.6 Å². The Morgan fingerprint density at radius 1 is 1.44 bits per heavy atom. The highest BCUT2D eigenvalue weighted by Gasteiger charge is 2.31. The minimum atomic E-state index is -0.924. The Bertz CT molecular complexity index is 283. The van der Waals surface area contributed by atoms with Crippen molar-refractivity contribution in [3.05, 3.63) is 0 Å². The van der Waals surface area contributed by atoms with Crippen LogP contribution >= 0.6 is 0 Å². The summed E-state index contributed by atoms with van der Waals surface area (Å²) in [6, 6.07) is -0.359. The van der Waals surface area contributed by atoms with E-state index in [4.69, 9.17) is 9.84 Å². The van der Waals surface area contributed by atoms with Gasteiger partial charge in [0.15, 0.2) is 0 Å². The molecule has 0 aromatic carbocycles. The normalized spacial score (nSPS) is 15.6. The van der Waals surface area contributed by atoms with Crippen molar-refractivity contribution in [1.82, 2.24) is 10.6 Å². The van der Waals surface area contributed by atoms with Crippen molar-refractivity contribution < 1.29 is 19.4 Å². The number of rotatable bonds is 8. The van der Waals surface area contributed by atoms with E-state index in [1.54, 1.807) is 21.0 Å². The molecule has 0 heterocycles. The van der Waals surface area contributed by atoms with Crippen LogP contribution in [0.2, 0.25) is 0 Å². The molecule has 2 amide bonds. The molecule has 0 aliphatic rings. The SMILES string of the molecule is CCC(C)(CNC(=O)NC(C)CCOC)C(=O)O. The smallest absolute Gasteiger partial charge is 0.315 e. The van der Waals surface area contributed by atoms with Gasteiger partial charge in [-0.1, -0.05) is 6.92 Å². The van der Waals surface area contributed by atoms with Crippen molar-refractivity contribution in [3.63, 3.8) is 0 Å². The molecule has 6 heteroatoms. The third-order valence-corrected chi connectivity index (χ3v) is 3.07. The minimum Gasteiger partial charge on any atom is -0.481 e. The summed E-state index contributed by atoms with van der Waals surface area (Å²) in [5.41, 5.74) is -0.924. The molecule has 18 heavy (non-hydrogen) atoms. The van der Waals surface area contributed by atoms with E-state index in [2.05, 4.69) is 10.6 Å². The fraction of sp³-hybridized carbons (Fsp3) is 0.833. The largest absolute Gasteiger partial charge is 0.481 e. The van der Waals surface area contributed by atoms with Crippen LogP contribution in [0.25, 0.3) is 0 Å². The first-order valence-corrected chi connectivity index (χ1v) is 6.12. The second-order valence-electron chi connectivity index (χ2n) is 4.73. The predicted molar refractivity (Wildman–Crippen MR) is 68.5 cm³/mol. The summed E-state index contributed by atoms with van der Waals surface area (Å²) in [5.74, 6) is -0.905. The second kappa shape index (κ2) is 7.92. The summed E-state index contributed by atoms with van der Waals surface area (Å²) in [4.78, 5) is 22.6. The van der Waals surface area contributed by atoms with Crippen LogP contribution in [0.4, 0.5) is 4.79 Å². The number of methoxy groups -OCH3 is 1. The van der Waals surface area contributed by atoms with Gasteiger partial charge >= 0.3 is 12.0 Å². The van der Waals surface area contributed by atoms with E-state index in [1.807, 2.05) is 6.92 Å². The van der Waals surface area contributed by atoms with E-state index in [0.717, 1.165) is 0 Å². The van der Waals surface area contributed by atoms with Gasteiger partial charge in [0.25, 0.3) is 0 Å². The zero-order valence-electron chi connectivity index (χ0n) is 11.6. The molecule has 0 saturated heterocycles. The molecule has 0 spiro atoms. The summed E-state index contributed by atoms with van der Waals surface area (Å²) in [7, 11) is 1.60. The molecule has 0 aliphatic heterocycles. The number of amides is 2. The van der Waals surface area contributed by atoms with Crippen molar-refractivity contribution in [2.75, 3.05) is 20.3 Å². The standard InChI is InChI=1S/C12H24N2O4/c1-5-12(3,10(15)16)8-13-11(17)14-9(2)6-7-18-4/h9H,5-8H2,1-4H3,(H,15,16)(H2,13,14,17). The van der Waals surface area contributed by atoms with Gasteiger partial charge in [0, 0.05) is 26.3 Å². The lowest BCUT2D eigenvalue weighted by Gasteiger charge is -2.24. The molecule has 0 rings (SSSR count). The van der Waals surface area contributed by atoms with Gasteiger partial charge in [-0.2, -0.15) is 0 Å². The van der Waals surface area contributed by atoms with E-state index in [0.29, 0.717) is 19.4 Å². The Labute approximate surface area is 108 Å². The van der Waals surface area contributed by atoms with Crippen LogP contribution in [-0.2, 0) is 9.53 Å². The number of aliphatic carboxylic acids is 1. The van der Waals surface area contributed by atoms with Crippen LogP contribution in [0.5, 0.6) is 0 Å². The Morgan fingerprint density at radius 2 is 2.06 bits per heavy atom. The third kappa shape index (κ3) is 5.86. The predicted octanol–water partition coefficient (Wildman–Crippen LogP) is 1.21. The molecule has 0 fully saturated rings. The van der Waals surface area contributed by atoms with E-state index in [9.17, 15) is 9.59 Å². The highest BCUT2D eigenvalue weighted by molar-refractivity contribution is 5.77. The summed E-state index contributed by atoms with van der Waals surface area (Å²) in [5, 5.41) is 14.4. The first kappa shape index (κ1) is 16.7. The van der Waals surface area contributed by atoms with Gasteiger partial charge in [-0.25, -0.2) is 4.79 Å². The van der Waals surface area contributed by atoms with Gasteiger partial charge in [-0.3, -0.25) is 4.79 Å². The fourth-order valence-electron chi connectivity index (χ4n) is 1.27. The number of urea groups is 1. The first-order chi connectivity index (χ1) is 8.35. The number of hydrogen-bond acceptors (Lipinski definition) is 3. The average molecular weight is 260 g/mol. The van der Waals surface area contributed by atoms with Crippen LogP contribution in [0.1, 0.15) is 33.6 Å². The zero-order valence-corrected chi connectivity index (χ0v) is 11.6. The van der Waals surface area contributed by atoms with Crippen LogP contribution in [0.15, 0.2) is 0 Å². The van der Waals surface area contributed by atoms with Crippen LogP contribution in [-0.4, -0.2) is 43.4 Å². The molecule has 0 aliphatic carbocycles. The summed E-state index contributed by atoms with van der Waals surface area (Å²) in [6.07, 6.45) is 1.18. The molecule has 3 N–H and O–H groups in total. The topological polar surface area (TPSA) is 87.7 Å². The van der Waals surface area contributed by atoms with Crippen molar-refractivity contribution in [2.24, 2.45) is 5.41 Å². The highest BCUT2D eigenvalue weighted by atomic mass is 16.5. The fourth-order valence-corrected chi connectivity index (χ4v) is 1.27. The quantitative estimate of drug-likeness (QED) is 0.612. The Hall–Kier alpha value is -1.30. The molecule has 2 atom stereocenters. The monoisotopic (exact) mass is 260 g/mol. The van der Waals surface area contributed by atoms with Gasteiger partial charge in [0.2, 0.25) is 0 Å². The molecule has 0 aromatic rings. The molecular formula is C12H24N2O4. The van der Waals surface area contributed by atoms with Gasteiger partial charge in [-0.05, 0) is 26.7 Å². The van der Waals surface area contributed by atoms with Crippen molar-refractivity contribution in [2.45, 2.75) is 39.7 Å².